The molecule has 0 radical (unpaired) electrons. The minimum absolute atomic E-state index is 0.462. The van der Waals surface area contributed by atoms with Crippen molar-refractivity contribution in [3.05, 3.63) is 12.3 Å². The molecule has 1 fully saturated rings. The molecule has 13 heavy (non-hydrogen) atoms. The predicted molar refractivity (Wildman–Crippen MR) is 51.5 cm³/mol. The van der Waals surface area contributed by atoms with Gasteiger partial charge in [0.15, 0.2) is 0 Å². The highest BCUT2D eigenvalue weighted by Crippen LogP contribution is 2.19. The van der Waals surface area contributed by atoms with Crippen molar-refractivity contribution >= 4 is 0 Å². The third-order valence-corrected chi connectivity index (χ3v) is 2.37. The first-order valence-electron chi connectivity index (χ1n) is 4.47. The van der Waals surface area contributed by atoms with Crippen molar-refractivity contribution in [2.45, 2.75) is 12.8 Å². The van der Waals surface area contributed by atoms with E-state index in [9.17, 15) is 0 Å². The molecule has 1 heterocycles. The van der Waals surface area contributed by atoms with Crippen LogP contribution in [0.5, 0.6) is 0 Å². The number of rotatable bonds is 3. The van der Waals surface area contributed by atoms with E-state index in [-0.39, 0.29) is 0 Å². The monoisotopic (exact) mass is 183 g/mol. The van der Waals surface area contributed by atoms with E-state index in [2.05, 4.69) is 34.4 Å². The maximum atomic E-state index is 4.88. The summed E-state index contributed by atoms with van der Waals surface area (Å²) in [6.45, 7) is 6.11. The van der Waals surface area contributed by atoms with Gasteiger partial charge in [-0.1, -0.05) is 17.0 Å². The van der Waals surface area contributed by atoms with Gasteiger partial charge in [-0.05, 0) is 26.4 Å². The second-order valence-corrected chi connectivity index (χ2v) is 3.45. The molecule has 0 amide bonds. The molecule has 0 aromatic carbocycles. The van der Waals surface area contributed by atoms with Crippen molar-refractivity contribution < 1.29 is 0 Å². The number of nitrogens with two attached hydrogens (primary N) is 1. The Labute approximate surface area is 78.6 Å². The van der Waals surface area contributed by atoms with Crippen LogP contribution < -0.4 is 11.3 Å². The van der Waals surface area contributed by atoms with Crippen molar-refractivity contribution in [3.8, 4) is 0 Å². The van der Waals surface area contributed by atoms with Crippen LogP contribution in [-0.2, 0) is 0 Å². The summed E-state index contributed by atoms with van der Waals surface area (Å²) < 4.78 is 0. The highest BCUT2D eigenvalue weighted by atomic mass is 15.5. The lowest BCUT2D eigenvalue weighted by atomic mass is 9.96. The van der Waals surface area contributed by atoms with Gasteiger partial charge in [0.25, 0.3) is 0 Å². The van der Waals surface area contributed by atoms with E-state index in [1.165, 1.54) is 13.0 Å². The van der Waals surface area contributed by atoms with Crippen LogP contribution in [0.25, 0.3) is 0 Å². The fraction of sp³-hybridized carbons (Fsp3) is 0.750. The van der Waals surface area contributed by atoms with Crippen molar-refractivity contribution in [3.63, 3.8) is 0 Å². The molecule has 1 aliphatic rings. The fourth-order valence-corrected chi connectivity index (χ4v) is 1.64. The summed E-state index contributed by atoms with van der Waals surface area (Å²) in [5.74, 6) is 5.34. The molecule has 0 spiro atoms. The lowest BCUT2D eigenvalue weighted by Gasteiger charge is -2.30. The van der Waals surface area contributed by atoms with E-state index in [4.69, 9.17) is 5.84 Å². The van der Waals surface area contributed by atoms with Crippen molar-refractivity contribution in [1.29, 1.82) is 0 Å². The first kappa shape index (κ1) is 9.98. The predicted octanol–water partition coefficient (Wildman–Crippen LogP) is 0.672. The third kappa shape index (κ3) is 3.02. The van der Waals surface area contributed by atoms with Gasteiger partial charge in [0, 0.05) is 18.2 Å². The topological polar surface area (TPSA) is 66.0 Å². The van der Waals surface area contributed by atoms with Gasteiger partial charge < -0.3 is 10.7 Å². The first-order valence-corrected chi connectivity index (χ1v) is 4.47. The largest absolute Gasteiger partial charge is 0.306 e. The fourth-order valence-electron chi connectivity index (χ4n) is 1.64. The van der Waals surface area contributed by atoms with Gasteiger partial charge in [0.05, 0.1) is 0 Å². The van der Waals surface area contributed by atoms with Crippen LogP contribution in [0.3, 0.4) is 0 Å². The lowest BCUT2D eigenvalue weighted by Crippen LogP contribution is -2.34. The van der Waals surface area contributed by atoms with E-state index in [0.717, 1.165) is 18.7 Å². The van der Waals surface area contributed by atoms with E-state index < -0.39 is 0 Å². The Morgan fingerprint density at radius 2 is 2.46 bits per heavy atom. The molecule has 5 heteroatoms. The van der Waals surface area contributed by atoms with Crippen LogP contribution in [0, 0.1) is 5.92 Å². The minimum Gasteiger partial charge on any atom is -0.306 e. The molecule has 74 valence electrons. The molecule has 1 saturated heterocycles. The van der Waals surface area contributed by atoms with E-state index in [1.54, 1.807) is 0 Å². The molecule has 1 unspecified atom stereocenters. The van der Waals surface area contributed by atoms with Crippen LogP contribution in [0.4, 0.5) is 0 Å². The summed E-state index contributed by atoms with van der Waals surface area (Å²) in [4.78, 5) is 2.29. The Morgan fingerprint density at radius 3 is 3.08 bits per heavy atom. The molecule has 1 rings (SSSR count). The van der Waals surface area contributed by atoms with Crippen LogP contribution in [0.1, 0.15) is 12.8 Å². The summed E-state index contributed by atoms with van der Waals surface area (Å²) in [7, 11) is 2.11. The molecule has 1 atom stereocenters. The molecule has 3 N–H and O–H groups in total. The van der Waals surface area contributed by atoms with Gasteiger partial charge >= 0.3 is 0 Å². The first-order chi connectivity index (χ1) is 6.24. The van der Waals surface area contributed by atoms with Crippen LogP contribution >= 0.6 is 0 Å². The lowest BCUT2D eigenvalue weighted by molar-refractivity contribution is 0.225. The Bertz CT molecular complexity index is 201. The Balaban J connectivity index is 2.37. The van der Waals surface area contributed by atoms with Crippen molar-refractivity contribution in [1.82, 2.24) is 10.3 Å². The van der Waals surface area contributed by atoms with Crippen molar-refractivity contribution in [2.75, 3.05) is 20.1 Å². The van der Waals surface area contributed by atoms with Crippen LogP contribution in [-0.4, -0.2) is 25.0 Å². The molecular weight excluding hydrogens is 166 g/mol. The summed E-state index contributed by atoms with van der Waals surface area (Å²) >= 11 is 0. The highest BCUT2D eigenvalue weighted by molar-refractivity contribution is 4.99. The molecule has 0 bridgehead atoms. The molecule has 5 nitrogen and oxygen atoms in total. The number of hydrogen-bond acceptors (Lipinski definition) is 3. The SMILES string of the molecule is C=C(NN=NN)C1CCCN(C)C1. The number of nitrogens with zero attached hydrogens (tertiary/aromatic N) is 3. The van der Waals surface area contributed by atoms with Gasteiger partial charge in [-0.25, -0.2) is 0 Å². The second-order valence-electron chi connectivity index (χ2n) is 3.45. The number of hydrogen-bond donors (Lipinski definition) is 2. The standard InChI is InChI=1S/C8H17N5/c1-7(10-12-11-9)8-4-3-5-13(2)6-8/h8H,1,3-6H2,2H3,(H2,9,12)(H,10,11). The van der Waals surface area contributed by atoms with E-state index >= 15 is 0 Å². The summed E-state index contributed by atoms with van der Waals surface area (Å²) in [6, 6.07) is 0. The Morgan fingerprint density at radius 1 is 1.69 bits per heavy atom. The maximum absolute atomic E-state index is 4.88. The van der Waals surface area contributed by atoms with Gasteiger partial charge in [0.2, 0.25) is 0 Å². The average molecular weight is 183 g/mol. The summed E-state index contributed by atoms with van der Waals surface area (Å²) in [5, 5.41) is 6.64. The van der Waals surface area contributed by atoms with E-state index in [0.29, 0.717) is 5.92 Å². The molecule has 0 aromatic heterocycles. The zero-order valence-electron chi connectivity index (χ0n) is 8.03. The smallest absolute Gasteiger partial charge is 0.0325 e. The maximum Gasteiger partial charge on any atom is 0.0325 e. The minimum atomic E-state index is 0.462. The molecule has 0 aromatic rings. The summed E-state index contributed by atoms with van der Waals surface area (Å²) in [6.07, 6.45) is 2.37. The van der Waals surface area contributed by atoms with Gasteiger partial charge in [-0.15, -0.1) is 0 Å². The number of likely N-dealkylation sites (tertiary alicyclic amines) is 1. The summed E-state index contributed by atoms with van der Waals surface area (Å²) in [5.41, 5.74) is 3.64. The normalized spacial score (nSPS) is 24.8. The number of nitrogens with one attached hydrogen (secondary N) is 1. The van der Waals surface area contributed by atoms with E-state index in [1.807, 2.05) is 0 Å². The molecule has 1 aliphatic heterocycles. The highest BCUT2D eigenvalue weighted by Gasteiger charge is 2.19. The quantitative estimate of drug-likeness (QED) is 0.384. The average Bonchev–Trinajstić information content (AvgIpc) is 2.14. The second kappa shape index (κ2) is 4.81. The van der Waals surface area contributed by atoms with Crippen molar-refractivity contribution in [2.24, 2.45) is 22.2 Å². The molecular formula is C8H17N5. The van der Waals surface area contributed by atoms with Gasteiger partial charge in [0.1, 0.15) is 0 Å². The molecule has 0 saturated carbocycles. The third-order valence-electron chi connectivity index (χ3n) is 2.37. The van der Waals surface area contributed by atoms with Crippen LogP contribution in [0.2, 0.25) is 0 Å². The number of piperidine rings is 1. The Hall–Kier alpha value is -1.10. The molecule has 0 aliphatic carbocycles. The van der Waals surface area contributed by atoms with Gasteiger partial charge in [-0.2, -0.15) is 0 Å². The Kier molecular flexibility index (Phi) is 3.70. The zero-order valence-corrected chi connectivity index (χ0v) is 8.03. The van der Waals surface area contributed by atoms with Crippen LogP contribution in [0.15, 0.2) is 22.7 Å². The van der Waals surface area contributed by atoms with Gasteiger partial charge in [-0.3, -0.25) is 5.43 Å². The zero-order chi connectivity index (χ0) is 9.68.